The van der Waals surface area contributed by atoms with E-state index in [2.05, 4.69) is 139 Å². The summed E-state index contributed by atoms with van der Waals surface area (Å²) >= 11 is 4.90. The van der Waals surface area contributed by atoms with Gasteiger partial charge in [-0.15, -0.1) is 34.0 Å². The van der Waals surface area contributed by atoms with Gasteiger partial charge in [0.1, 0.15) is 15.0 Å². The lowest BCUT2D eigenvalue weighted by Crippen LogP contribution is -2.35. The third-order valence-corrected chi connectivity index (χ3v) is 16.1. The van der Waals surface area contributed by atoms with Gasteiger partial charge in [0.05, 0.1) is 48.8 Å². The highest BCUT2D eigenvalue weighted by Gasteiger charge is 2.17. The van der Waals surface area contributed by atoms with Crippen LogP contribution in [-0.4, -0.2) is 94.8 Å². The Labute approximate surface area is 482 Å². The molecule has 416 valence electrons. The standard InChI is InChI=1S/C23H30N6S.C19H22N6S.C18H21N5S/c1-7-8-9-17-10-12-18(13-11-17)21-25-16(2)20(30-21)19-14-15-24-22(26-19)27-23(28(3)4)29(5)6;1-3-4-5-13-6-8-14(9-7-13)17-23-12(2)16(26-17)15-10-11-22-19(24-15)25-18(20)21;1-3-4-5-13-6-8-14(9-7-13)17-21-12(2)16(24-17)15-10-11-20-18(22-15)23-19/h10-15H,7-9H2,1-6H3;6-11H,3-5H2,1-2H3,(H4,20,21,22,24,25);6-11H,3-5,19H2,1-2H3,(H,20,22,23). The molecule has 20 heteroatoms. The molecule has 0 radical (unpaired) electrons. The van der Waals surface area contributed by atoms with E-state index in [9.17, 15) is 0 Å². The molecule has 0 atom stereocenters. The third-order valence-electron chi connectivity index (χ3n) is 12.4. The van der Waals surface area contributed by atoms with Crippen LogP contribution >= 0.6 is 34.0 Å². The Hall–Kier alpha value is -7.91. The number of nitrogens with two attached hydrogens (primary N) is 3. The normalized spacial score (nSPS) is 10.7. The van der Waals surface area contributed by atoms with Crippen molar-refractivity contribution in [1.29, 1.82) is 0 Å². The quantitative estimate of drug-likeness (QED) is 0.0270. The monoisotopic (exact) mass is 1130 g/mol. The highest BCUT2D eigenvalue weighted by atomic mass is 32.1. The van der Waals surface area contributed by atoms with Gasteiger partial charge in [-0.1, -0.05) is 113 Å². The second-order valence-corrected chi connectivity index (χ2v) is 22.3. The molecule has 0 fully saturated rings. The van der Waals surface area contributed by atoms with Crippen LogP contribution in [0.15, 0.2) is 120 Å². The average Bonchev–Trinajstić information content (AvgIpc) is 4.19. The second-order valence-electron chi connectivity index (χ2n) is 19.3. The van der Waals surface area contributed by atoms with Gasteiger partial charge < -0.3 is 21.3 Å². The number of hydrogen-bond donors (Lipinski definition) is 4. The Morgan fingerprint density at radius 3 is 1.12 bits per heavy atom. The van der Waals surface area contributed by atoms with Crippen LogP contribution in [0.5, 0.6) is 0 Å². The molecule has 0 bridgehead atoms. The summed E-state index contributed by atoms with van der Waals surface area (Å²) in [6, 6.07) is 31.7. The zero-order valence-corrected chi connectivity index (χ0v) is 50.0. The van der Waals surface area contributed by atoms with E-state index >= 15 is 0 Å². The maximum atomic E-state index is 5.40. The summed E-state index contributed by atoms with van der Waals surface area (Å²) in [6.45, 7) is 12.7. The van der Waals surface area contributed by atoms with E-state index in [1.165, 1.54) is 55.2 Å². The first kappa shape index (κ1) is 59.7. The van der Waals surface area contributed by atoms with Gasteiger partial charge >= 0.3 is 0 Å². The van der Waals surface area contributed by atoms with Crippen molar-refractivity contribution in [2.24, 2.45) is 27.3 Å². The van der Waals surface area contributed by atoms with E-state index in [1.54, 1.807) is 52.6 Å². The van der Waals surface area contributed by atoms with Crippen LogP contribution in [0.2, 0.25) is 0 Å². The summed E-state index contributed by atoms with van der Waals surface area (Å²) < 4.78 is 0. The number of aliphatic imine (C=N–C) groups is 2. The average molecular weight is 1130 g/mol. The molecule has 0 saturated carbocycles. The fourth-order valence-electron chi connectivity index (χ4n) is 8.27. The zero-order valence-electron chi connectivity index (χ0n) is 47.5. The van der Waals surface area contributed by atoms with E-state index in [0.29, 0.717) is 11.9 Å². The number of hydrogen-bond acceptors (Lipinski definition) is 16. The fourth-order valence-corrected chi connectivity index (χ4v) is 11.4. The summed E-state index contributed by atoms with van der Waals surface area (Å²) in [5, 5.41) is 2.99. The van der Waals surface area contributed by atoms with Crippen molar-refractivity contribution in [3.05, 3.63) is 143 Å². The molecule has 0 amide bonds. The van der Waals surface area contributed by atoms with Crippen molar-refractivity contribution >= 4 is 63.8 Å². The predicted molar refractivity (Wildman–Crippen MR) is 334 cm³/mol. The van der Waals surface area contributed by atoms with Crippen molar-refractivity contribution in [1.82, 2.24) is 54.7 Å². The fraction of sp³-hybridized carbons (Fsp3) is 0.317. The largest absolute Gasteiger partial charge is 0.370 e. The van der Waals surface area contributed by atoms with E-state index < -0.39 is 0 Å². The molecule has 0 aliphatic heterocycles. The molecule has 7 N–H and O–H groups in total. The Morgan fingerprint density at radius 1 is 0.463 bits per heavy atom. The van der Waals surface area contributed by atoms with Gasteiger partial charge in [0, 0.05) is 63.5 Å². The first-order valence-electron chi connectivity index (χ1n) is 26.9. The first-order valence-corrected chi connectivity index (χ1v) is 29.3. The molecule has 3 aromatic carbocycles. The topological polar surface area (TPSA) is 237 Å². The van der Waals surface area contributed by atoms with Gasteiger partial charge in [0.25, 0.3) is 11.9 Å². The van der Waals surface area contributed by atoms with Crippen LogP contribution in [0.1, 0.15) is 93.1 Å². The third kappa shape index (κ3) is 16.6. The zero-order chi connectivity index (χ0) is 57.1. The lowest BCUT2D eigenvalue weighted by atomic mass is 10.1. The van der Waals surface area contributed by atoms with Crippen LogP contribution in [0, 0.1) is 20.8 Å². The predicted octanol–water partition coefficient (Wildman–Crippen LogP) is 13.1. The minimum Gasteiger partial charge on any atom is -0.370 e. The molecule has 0 spiro atoms. The lowest BCUT2D eigenvalue weighted by molar-refractivity contribution is 0.483. The summed E-state index contributed by atoms with van der Waals surface area (Å²) in [4.78, 5) is 55.6. The minimum atomic E-state index is -0.0629. The Morgan fingerprint density at radius 2 is 0.800 bits per heavy atom. The second kappa shape index (κ2) is 29.3. The van der Waals surface area contributed by atoms with Crippen molar-refractivity contribution in [3.8, 4) is 63.4 Å². The lowest BCUT2D eigenvalue weighted by Gasteiger charge is -2.22. The number of thiazole rings is 3. The summed E-state index contributed by atoms with van der Waals surface area (Å²) in [6.07, 6.45) is 15.8. The van der Waals surface area contributed by atoms with Crippen LogP contribution in [-0.2, 0) is 19.3 Å². The van der Waals surface area contributed by atoms with Crippen molar-refractivity contribution < 1.29 is 0 Å². The molecule has 6 aromatic heterocycles. The maximum Gasteiger partial charge on any atom is 0.253 e. The van der Waals surface area contributed by atoms with Crippen molar-refractivity contribution in [3.63, 3.8) is 0 Å². The molecule has 9 aromatic rings. The van der Waals surface area contributed by atoms with Gasteiger partial charge in [-0.25, -0.2) is 50.7 Å². The molecular formula is C60H73N17S3. The summed E-state index contributed by atoms with van der Waals surface area (Å²) in [7, 11) is 7.82. The highest BCUT2D eigenvalue weighted by Crippen LogP contribution is 2.37. The number of hydrazine groups is 1. The van der Waals surface area contributed by atoms with E-state index in [0.717, 1.165) is 106 Å². The number of unbranched alkanes of at least 4 members (excludes halogenated alkanes) is 3. The highest BCUT2D eigenvalue weighted by molar-refractivity contribution is 7.19. The van der Waals surface area contributed by atoms with Gasteiger partial charge in [-0.05, 0) is 94.2 Å². The molecule has 0 aliphatic rings. The van der Waals surface area contributed by atoms with Gasteiger partial charge in [0.2, 0.25) is 11.9 Å². The Bertz CT molecular complexity index is 3440. The smallest absolute Gasteiger partial charge is 0.253 e. The molecule has 0 unspecified atom stereocenters. The number of anilines is 1. The van der Waals surface area contributed by atoms with Crippen LogP contribution < -0.4 is 22.7 Å². The summed E-state index contributed by atoms with van der Waals surface area (Å²) in [5.41, 5.74) is 26.1. The molecular weight excluding hydrogens is 1050 g/mol. The molecule has 0 aliphatic carbocycles. The molecule has 0 saturated heterocycles. The molecule has 9 rings (SSSR count). The van der Waals surface area contributed by atoms with Crippen LogP contribution in [0.3, 0.4) is 0 Å². The number of nitrogens with one attached hydrogen (secondary N) is 1. The van der Waals surface area contributed by atoms with E-state index in [1.807, 2.05) is 77.0 Å². The minimum absolute atomic E-state index is 0.0629. The van der Waals surface area contributed by atoms with Gasteiger partial charge in [-0.3, -0.25) is 5.43 Å². The Balaban J connectivity index is 0.000000174. The number of aryl methyl sites for hydroxylation is 6. The van der Waals surface area contributed by atoms with Crippen LogP contribution in [0.25, 0.3) is 63.4 Å². The maximum absolute atomic E-state index is 5.40. The molecule has 80 heavy (non-hydrogen) atoms. The van der Waals surface area contributed by atoms with Crippen molar-refractivity contribution in [2.45, 2.75) is 99.3 Å². The number of rotatable bonds is 18. The molecule has 17 nitrogen and oxygen atoms in total. The number of nitrogens with zero attached hydrogens (tertiary/aromatic N) is 13. The van der Waals surface area contributed by atoms with Gasteiger partial charge in [0.15, 0.2) is 5.96 Å². The Kier molecular flexibility index (Phi) is 21.9. The molecule has 6 heterocycles. The summed E-state index contributed by atoms with van der Waals surface area (Å²) in [5.74, 6) is 7.21. The van der Waals surface area contributed by atoms with E-state index in [-0.39, 0.29) is 11.9 Å². The number of guanidine groups is 2. The van der Waals surface area contributed by atoms with Gasteiger partial charge in [-0.2, -0.15) is 9.98 Å². The number of aromatic nitrogens is 9. The first-order chi connectivity index (χ1) is 38.7. The van der Waals surface area contributed by atoms with Crippen LogP contribution in [0.4, 0.5) is 17.8 Å². The number of benzene rings is 3. The van der Waals surface area contributed by atoms with E-state index in [4.69, 9.17) is 32.3 Å². The number of nitrogen functional groups attached to an aromatic ring is 1. The SMILES string of the molecule is CCCCc1ccc(-c2nc(C)c(-c3ccnc(N=C(N(C)C)N(C)C)n3)s2)cc1.CCCCc1ccc(-c2nc(C)c(-c3ccnc(N=C(N)N)n3)s2)cc1.CCCCc1ccc(-c2nc(C)c(-c3ccnc(NN)n3)s2)cc1. The van der Waals surface area contributed by atoms with Crippen molar-refractivity contribution in [2.75, 3.05) is 33.6 Å².